The molecule has 1 rings (SSSR count). The van der Waals surface area contributed by atoms with Gasteiger partial charge in [-0.3, -0.25) is 4.79 Å². The van der Waals surface area contributed by atoms with Crippen LogP contribution in [0.5, 0.6) is 0 Å². The number of benzene rings is 1. The summed E-state index contributed by atoms with van der Waals surface area (Å²) in [6.45, 7) is 1.39. The van der Waals surface area contributed by atoms with Crippen molar-refractivity contribution >= 4 is 5.97 Å². The van der Waals surface area contributed by atoms with Crippen LogP contribution in [0.3, 0.4) is 0 Å². The Labute approximate surface area is 82.0 Å². The van der Waals surface area contributed by atoms with Crippen molar-refractivity contribution in [2.24, 2.45) is 5.73 Å². The van der Waals surface area contributed by atoms with Crippen LogP contribution in [-0.4, -0.2) is 22.2 Å². The smallest absolute Gasteiger partial charge is 0.323 e. The van der Waals surface area contributed by atoms with Crippen LogP contribution < -0.4 is 5.73 Å². The van der Waals surface area contributed by atoms with E-state index < -0.39 is 17.6 Å². The number of carboxylic acid groups (broad SMARTS) is 1. The molecule has 1 aromatic carbocycles. The van der Waals surface area contributed by atoms with Gasteiger partial charge in [0.15, 0.2) is 0 Å². The molecule has 1 aromatic rings. The Kier molecular flexibility index (Phi) is 2.88. The molecule has 4 nitrogen and oxygen atoms in total. The lowest BCUT2D eigenvalue weighted by Gasteiger charge is -2.27. The van der Waals surface area contributed by atoms with Crippen LogP contribution in [0.25, 0.3) is 0 Å². The number of rotatable bonds is 3. The van der Waals surface area contributed by atoms with Gasteiger partial charge in [-0.15, -0.1) is 0 Å². The summed E-state index contributed by atoms with van der Waals surface area (Å²) in [4.78, 5) is 10.6. The third-order valence-electron chi connectivity index (χ3n) is 2.23. The minimum Gasteiger partial charge on any atom is -0.480 e. The molecular formula is C10H13NO3. The second-order valence-corrected chi connectivity index (χ2v) is 3.33. The number of aliphatic hydroxyl groups is 1. The Morgan fingerprint density at radius 3 is 2.36 bits per heavy atom. The quantitative estimate of drug-likeness (QED) is 0.648. The van der Waals surface area contributed by atoms with E-state index in [2.05, 4.69) is 0 Å². The Morgan fingerprint density at radius 2 is 1.93 bits per heavy atom. The van der Waals surface area contributed by atoms with Gasteiger partial charge in [-0.1, -0.05) is 30.3 Å². The summed E-state index contributed by atoms with van der Waals surface area (Å²) < 4.78 is 0. The van der Waals surface area contributed by atoms with Gasteiger partial charge in [-0.2, -0.15) is 0 Å². The summed E-state index contributed by atoms with van der Waals surface area (Å²) in [6, 6.07) is 7.18. The van der Waals surface area contributed by atoms with Gasteiger partial charge < -0.3 is 15.9 Å². The zero-order valence-electron chi connectivity index (χ0n) is 7.84. The monoisotopic (exact) mass is 195 g/mol. The highest BCUT2D eigenvalue weighted by molar-refractivity contribution is 5.75. The highest BCUT2D eigenvalue weighted by Gasteiger charge is 2.35. The molecular weight excluding hydrogens is 182 g/mol. The summed E-state index contributed by atoms with van der Waals surface area (Å²) in [6.07, 6.45) is 0. The van der Waals surface area contributed by atoms with Crippen molar-refractivity contribution in [3.63, 3.8) is 0 Å². The summed E-state index contributed by atoms with van der Waals surface area (Å²) in [7, 11) is 0. The topological polar surface area (TPSA) is 83.5 Å². The van der Waals surface area contributed by atoms with Gasteiger partial charge in [0.2, 0.25) is 0 Å². The van der Waals surface area contributed by atoms with Crippen LogP contribution in [0, 0.1) is 0 Å². The number of hydrogen-bond acceptors (Lipinski definition) is 3. The molecule has 0 aliphatic carbocycles. The van der Waals surface area contributed by atoms with E-state index in [4.69, 9.17) is 10.8 Å². The van der Waals surface area contributed by atoms with Crippen LogP contribution in [0.1, 0.15) is 12.5 Å². The first-order valence-corrected chi connectivity index (χ1v) is 4.22. The standard InChI is InChI=1S/C10H13NO3/c1-10(14,8(11)9(12)13)7-5-3-2-4-6-7/h2-6,8,14H,11H2,1H3,(H,12,13)/t8-,10-/m1/s1. The van der Waals surface area contributed by atoms with Crippen molar-refractivity contribution in [3.05, 3.63) is 35.9 Å². The van der Waals surface area contributed by atoms with E-state index in [1.165, 1.54) is 6.92 Å². The van der Waals surface area contributed by atoms with Gasteiger partial charge in [-0.25, -0.2) is 0 Å². The molecule has 0 aromatic heterocycles. The lowest BCUT2D eigenvalue weighted by molar-refractivity contribution is -0.145. The average Bonchev–Trinajstić information content (AvgIpc) is 2.18. The molecule has 0 amide bonds. The predicted molar refractivity (Wildman–Crippen MR) is 51.6 cm³/mol. The molecule has 0 fully saturated rings. The Bertz CT molecular complexity index is 321. The molecule has 4 heteroatoms. The van der Waals surface area contributed by atoms with E-state index in [-0.39, 0.29) is 0 Å². The first-order chi connectivity index (χ1) is 6.46. The van der Waals surface area contributed by atoms with Crippen molar-refractivity contribution in [3.8, 4) is 0 Å². The van der Waals surface area contributed by atoms with Gasteiger partial charge in [-0.05, 0) is 12.5 Å². The Hall–Kier alpha value is -1.39. The maximum atomic E-state index is 10.6. The molecule has 0 aliphatic heterocycles. The van der Waals surface area contributed by atoms with E-state index in [9.17, 15) is 9.90 Å². The summed E-state index contributed by atoms with van der Waals surface area (Å²) in [5.41, 5.74) is 4.32. The van der Waals surface area contributed by atoms with Crippen molar-refractivity contribution in [2.45, 2.75) is 18.6 Å². The molecule has 0 bridgehead atoms. The fourth-order valence-corrected chi connectivity index (χ4v) is 1.20. The fraction of sp³-hybridized carbons (Fsp3) is 0.300. The van der Waals surface area contributed by atoms with E-state index in [0.29, 0.717) is 5.56 Å². The van der Waals surface area contributed by atoms with Gasteiger partial charge >= 0.3 is 5.97 Å². The molecule has 0 saturated heterocycles. The highest BCUT2D eigenvalue weighted by Crippen LogP contribution is 2.23. The molecule has 0 aliphatic rings. The average molecular weight is 195 g/mol. The van der Waals surface area contributed by atoms with Crippen molar-refractivity contribution in [1.82, 2.24) is 0 Å². The van der Waals surface area contributed by atoms with E-state index >= 15 is 0 Å². The van der Waals surface area contributed by atoms with Gasteiger partial charge in [0.05, 0.1) is 0 Å². The third-order valence-corrected chi connectivity index (χ3v) is 2.23. The zero-order valence-corrected chi connectivity index (χ0v) is 7.84. The van der Waals surface area contributed by atoms with Crippen LogP contribution in [-0.2, 0) is 10.4 Å². The van der Waals surface area contributed by atoms with Crippen molar-refractivity contribution < 1.29 is 15.0 Å². The Balaban J connectivity index is 3.02. The van der Waals surface area contributed by atoms with Crippen LogP contribution in [0.4, 0.5) is 0 Å². The molecule has 0 spiro atoms. The number of aliphatic carboxylic acids is 1. The largest absolute Gasteiger partial charge is 0.480 e. The number of carboxylic acids is 1. The van der Waals surface area contributed by atoms with Gasteiger partial charge in [0.25, 0.3) is 0 Å². The SMILES string of the molecule is C[C@@](O)(c1ccccc1)[C@H](N)C(=O)O. The number of nitrogens with two attached hydrogens (primary N) is 1. The van der Waals surface area contributed by atoms with E-state index in [1.807, 2.05) is 0 Å². The van der Waals surface area contributed by atoms with Crippen molar-refractivity contribution in [2.75, 3.05) is 0 Å². The van der Waals surface area contributed by atoms with Crippen molar-refractivity contribution in [1.29, 1.82) is 0 Å². The maximum absolute atomic E-state index is 10.6. The van der Waals surface area contributed by atoms with E-state index in [0.717, 1.165) is 0 Å². The molecule has 0 heterocycles. The van der Waals surface area contributed by atoms with Crippen LogP contribution in [0.15, 0.2) is 30.3 Å². The second kappa shape index (κ2) is 3.77. The summed E-state index contributed by atoms with van der Waals surface area (Å²) in [5.74, 6) is -1.22. The number of carbonyl (C=O) groups is 1. The Morgan fingerprint density at radius 1 is 1.43 bits per heavy atom. The van der Waals surface area contributed by atoms with Gasteiger partial charge in [0.1, 0.15) is 11.6 Å². The normalized spacial score (nSPS) is 17.1. The summed E-state index contributed by atoms with van der Waals surface area (Å²) >= 11 is 0. The lowest BCUT2D eigenvalue weighted by Crippen LogP contribution is -2.48. The molecule has 4 N–H and O–H groups in total. The second-order valence-electron chi connectivity index (χ2n) is 3.33. The number of hydrogen-bond donors (Lipinski definition) is 3. The minimum absolute atomic E-state index is 0.495. The molecule has 0 saturated carbocycles. The lowest BCUT2D eigenvalue weighted by atomic mass is 9.89. The highest BCUT2D eigenvalue weighted by atomic mass is 16.4. The zero-order chi connectivity index (χ0) is 10.8. The fourth-order valence-electron chi connectivity index (χ4n) is 1.20. The first kappa shape index (κ1) is 10.7. The van der Waals surface area contributed by atoms with Crippen LogP contribution >= 0.6 is 0 Å². The molecule has 14 heavy (non-hydrogen) atoms. The van der Waals surface area contributed by atoms with E-state index in [1.54, 1.807) is 30.3 Å². The van der Waals surface area contributed by atoms with Gasteiger partial charge in [0, 0.05) is 0 Å². The molecule has 0 radical (unpaired) electrons. The molecule has 0 unspecified atom stereocenters. The van der Waals surface area contributed by atoms with Crippen LogP contribution in [0.2, 0.25) is 0 Å². The molecule has 76 valence electrons. The minimum atomic E-state index is -1.55. The molecule has 2 atom stereocenters. The maximum Gasteiger partial charge on any atom is 0.323 e. The first-order valence-electron chi connectivity index (χ1n) is 4.22. The summed E-state index contributed by atoms with van der Waals surface area (Å²) in [5, 5.41) is 18.6. The third kappa shape index (κ3) is 1.92. The predicted octanol–water partition coefficient (Wildman–Crippen LogP) is 0.306.